The first kappa shape index (κ1) is 8.91. The van der Waals surface area contributed by atoms with Crippen LogP contribution in [0.2, 0.25) is 0 Å². The quantitative estimate of drug-likeness (QED) is 0.734. The number of anilines is 1. The zero-order chi connectivity index (χ0) is 9.26. The van der Waals surface area contributed by atoms with Gasteiger partial charge in [-0.05, 0) is 30.7 Å². The van der Waals surface area contributed by atoms with E-state index in [1.165, 1.54) is 10.5 Å². The molecule has 1 aromatic carbocycles. The van der Waals surface area contributed by atoms with Gasteiger partial charge >= 0.3 is 0 Å². The van der Waals surface area contributed by atoms with Crippen LogP contribution in [0, 0.1) is 6.92 Å². The highest BCUT2D eigenvalue weighted by molar-refractivity contribution is 8.00. The SMILES string of the molecule is Cc1cc(N)cc(SC2COC2)c1. The van der Waals surface area contributed by atoms with Crippen LogP contribution >= 0.6 is 11.8 Å². The summed E-state index contributed by atoms with van der Waals surface area (Å²) in [4.78, 5) is 1.26. The van der Waals surface area contributed by atoms with Gasteiger partial charge in [-0.2, -0.15) is 0 Å². The normalized spacial score (nSPS) is 17.0. The van der Waals surface area contributed by atoms with E-state index in [9.17, 15) is 0 Å². The van der Waals surface area contributed by atoms with E-state index in [1.54, 1.807) is 0 Å². The molecule has 0 amide bonds. The lowest BCUT2D eigenvalue weighted by Crippen LogP contribution is -2.30. The number of benzene rings is 1. The molecule has 1 heterocycles. The molecule has 0 bridgehead atoms. The number of thioether (sulfide) groups is 1. The number of hydrogen-bond donors (Lipinski definition) is 1. The largest absolute Gasteiger partial charge is 0.399 e. The molecular formula is C10H13NOS. The van der Waals surface area contributed by atoms with Crippen molar-refractivity contribution in [1.82, 2.24) is 0 Å². The smallest absolute Gasteiger partial charge is 0.0611 e. The second-order valence-corrected chi connectivity index (χ2v) is 4.73. The summed E-state index contributed by atoms with van der Waals surface area (Å²) in [5.41, 5.74) is 7.82. The Morgan fingerprint density at radius 3 is 2.69 bits per heavy atom. The minimum atomic E-state index is 0.626. The number of rotatable bonds is 2. The van der Waals surface area contributed by atoms with Crippen LogP contribution in [0.15, 0.2) is 23.1 Å². The third-order valence-corrected chi connectivity index (χ3v) is 3.10. The van der Waals surface area contributed by atoms with Crippen LogP contribution in [-0.4, -0.2) is 18.5 Å². The van der Waals surface area contributed by atoms with Crippen molar-refractivity contribution in [3.63, 3.8) is 0 Å². The van der Waals surface area contributed by atoms with Crippen LogP contribution in [0.1, 0.15) is 5.56 Å². The summed E-state index contributed by atoms with van der Waals surface area (Å²) in [6, 6.07) is 6.18. The highest BCUT2D eigenvalue weighted by Crippen LogP contribution is 2.29. The molecule has 2 N–H and O–H groups in total. The van der Waals surface area contributed by atoms with E-state index in [0.29, 0.717) is 5.25 Å². The molecule has 1 saturated heterocycles. The van der Waals surface area contributed by atoms with Crippen LogP contribution in [0.4, 0.5) is 5.69 Å². The van der Waals surface area contributed by atoms with Gasteiger partial charge < -0.3 is 10.5 Å². The first-order chi connectivity index (χ1) is 6.24. The maximum atomic E-state index is 5.75. The van der Waals surface area contributed by atoms with Crippen molar-refractivity contribution in [2.75, 3.05) is 18.9 Å². The Kier molecular flexibility index (Phi) is 2.47. The first-order valence-electron chi connectivity index (χ1n) is 4.35. The molecule has 0 aromatic heterocycles. The molecule has 2 nitrogen and oxygen atoms in total. The maximum absolute atomic E-state index is 5.75. The fraction of sp³-hybridized carbons (Fsp3) is 0.400. The van der Waals surface area contributed by atoms with Crippen molar-refractivity contribution >= 4 is 17.4 Å². The minimum absolute atomic E-state index is 0.626. The summed E-state index contributed by atoms with van der Waals surface area (Å²) in [5, 5.41) is 0.626. The lowest BCUT2D eigenvalue weighted by molar-refractivity contribution is 0.0455. The summed E-state index contributed by atoms with van der Waals surface area (Å²) < 4.78 is 5.12. The molecule has 70 valence electrons. The first-order valence-corrected chi connectivity index (χ1v) is 5.23. The Labute approximate surface area is 82.5 Å². The fourth-order valence-corrected chi connectivity index (χ4v) is 2.49. The minimum Gasteiger partial charge on any atom is -0.399 e. The fourth-order valence-electron chi connectivity index (χ4n) is 1.32. The van der Waals surface area contributed by atoms with Crippen LogP contribution in [0.25, 0.3) is 0 Å². The third kappa shape index (κ3) is 2.17. The standard InChI is InChI=1S/C10H13NOS/c1-7-2-8(11)4-9(3-7)13-10-5-12-6-10/h2-4,10H,5-6,11H2,1H3. The predicted molar refractivity (Wildman–Crippen MR) is 56.1 cm³/mol. The zero-order valence-corrected chi connectivity index (χ0v) is 8.43. The molecule has 1 fully saturated rings. The Balaban J connectivity index is 2.10. The number of hydrogen-bond acceptors (Lipinski definition) is 3. The summed E-state index contributed by atoms with van der Waals surface area (Å²) >= 11 is 1.85. The van der Waals surface area contributed by atoms with Gasteiger partial charge in [-0.25, -0.2) is 0 Å². The maximum Gasteiger partial charge on any atom is 0.0611 e. The molecule has 0 aliphatic carbocycles. The van der Waals surface area contributed by atoms with Gasteiger partial charge in [-0.15, -0.1) is 11.8 Å². The number of nitrogen functional groups attached to an aromatic ring is 1. The van der Waals surface area contributed by atoms with E-state index in [1.807, 2.05) is 23.9 Å². The second-order valence-electron chi connectivity index (χ2n) is 3.36. The molecule has 1 aromatic rings. The van der Waals surface area contributed by atoms with Gasteiger partial charge in [0.1, 0.15) is 0 Å². The van der Waals surface area contributed by atoms with Crippen molar-refractivity contribution in [3.05, 3.63) is 23.8 Å². The molecule has 2 rings (SSSR count). The number of ether oxygens (including phenoxy) is 1. The van der Waals surface area contributed by atoms with Crippen LogP contribution in [0.5, 0.6) is 0 Å². The number of aryl methyl sites for hydroxylation is 1. The van der Waals surface area contributed by atoms with Gasteiger partial charge in [-0.1, -0.05) is 0 Å². The van der Waals surface area contributed by atoms with Crippen LogP contribution < -0.4 is 5.73 Å². The molecule has 3 heteroatoms. The van der Waals surface area contributed by atoms with Gasteiger partial charge in [0.25, 0.3) is 0 Å². The topological polar surface area (TPSA) is 35.2 Å². The van der Waals surface area contributed by atoms with E-state index in [0.717, 1.165) is 18.9 Å². The van der Waals surface area contributed by atoms with E-state index < -0.39 is 0 Å². The lowest BCUT2D eigenvalue weighted by Gasteiger charge is -2.25. The Hall–Kier alpha value is -0.670. The average molecular weight is 195 g/mol. The zero-order valence-electron chi connectivity index (χ0n) is 7.62. The van der Waals surface area contributed by atoms with Gasteiger partial charge in [0.05, 0.1) is 18.5 Å². The number of nitrogens with two attached hydrogens (primary N) is 1. The van der Waals surface area contributed by atoms with Crippen molar-refractivity contribution in [3.8, 4) is 0 Å². The average Bonchev–Trinajstić information content (AvgIpc) is 1.95. The Bertz CT molecular complexity index is 290. The van der Waals surface area contributed by atoms with Gasteiger partial charge in [0.15, 0.2) is 0 Å². The molecule has 0 unspecified atom stereocenters. The molecule has 0 saturated carbocycles. The predicted octanol–water partition coefficient (Wildman–Crippen LogP) is 2.07. The third-order valence-electron chi connectivity index (χ3n) is 1.98. The molecule has 13 heavy (non-hydrogen) atoms. The summed E-state index contributed by atoms with van der Waals surface area (Å²) in [5.74, 6) is 0. The highest BCUT2D eigenvalue weighted by Gasteiger charge is 2.19. The van der Waals surface area contributed by atoms with Crippen LogP contribution in [0.3, 0.4) is 0 Å². The van der Waals surface area contributed by atoms with Gasteiger partial charge in [0.2, 0.25) is 0 Å². The van der Waals surface area contributed by atoms with Crippen LogP contribution in [-0.2, 0) is 4.74 Å². The monoisotopic (exact) mass is 195 g/mol. The van der Waals surface area contributed by atoms with E-state index in [4.69, 9.17) is 10.5 Å². The van der Waals surface area contributed by atoms with E-state index >= 15 is 0 Å². The highest BCUT2D eigenvalue weighted by atomic mass is 32.2. The molecule has 1 aliphatic rings. The Morgan fingerprint density at radius 1 is 1.38 bits per heavy atom. The van der Waals surface area contributed by atoms with E-state index in [-0.39, 0.29) is 0 Å². The van der Waals surface area contributed by atoms with Gasteiger partial charge in [0, 0.05) is 10.6 Å². The summed E-state index contributed by atoms with van der Waals surface area (Å²) in [7, 11) is 0. The summed E-state index contributed by atoms with van der Waals surface area (Å²) in [6.07, 6.45) is 0. The van der Waals surface area contributed by atoms with Crippen molar-refractivity contribution in [1.29, 1.82) is 0 Å². The second kappa shape index (κ2) is 3.60. The molecule has 0 spiro atoms. The molecule has 0 radical (unpaired) electrons. The van der Waals surface area contributed by atoms with Gasteiger partial charge in [-0.3, -0.25) is 0 Å². The van der Waals surface area contributed by atoms with Crippen molar-refractivity contribution in [2.45, 2.75) is 17.1 Å². The van der Waals surface area contributed by atoms with Crippen molar-refractivity contribution < 1.29 is 4.74 Å². The molecule has 1 aliphatic heterocycles. The molecular weight excluding hydrogens is 182 g/mol. The Morgan fingerprint density at radius 2 is 2.15 bits per heavy atom. The summed E-state index contributed by atoms with van der Waals surface area (Å²) in [6.45, 7) is 3.81. The van der Waals surface area contributed by atoms with Crippen molar-refractivity contribution in [2.24, 2.45) is 0 Å². The lowest BCUT2D eigenvalue weighted by atomic mass is 10.2. The van der Waals surface area contributed by atoms with E-state index in [2.05, 4.69) is 13.0 Å². The molecule has 0 atom stereocenters.